The van der Waals surface area contributed by atoms with E-state index in [0.717, 1.165) is 22.0 Å². The van der Waals surface area contributed by atoms with Crippen LogP contribution < -0.4 is 10.2 Å². The van der Waals surface area contributed by atoms with Crippen LogP contribution in [0, 0.1) is 0 Å². The van der Waals surface area contributed by atoms with Crippen molar-refractivity contribution in [1.29, 1.82) is 0 Å². The maximum Gasteiger partial charge on any atom is 0.257 e. The Morgan fingerprint density at radius 2 is 1.91 bits per heavy atom. The number of piperazine rings is 1. The molecule has 1 N–H and O–H groups in total. The number of nitrogens with zero attached hydrogens (tertiary/aromatic N) is 7. The molecule has 0 saturated carbocycles. The minimum atomic E-state index is -2.67. The molecule has 34 heavy (non-hydrogen) atoms. The number of rotatable bonds is 4. The molecule has 4 heterocycles. The highest BCUT2D eigenvalue weighted by atomic mass is 127. The molecular weight excluding hydrogens is 543 g/mol. The summed E-state index contributed by atoms with van der Waals surface area (Å²) in [6, 6.07) is 10.8. The number of anilines is 2. The Kier molecular flexibility index (Phi) is 4.91. The fourth-order valence-electron chi connectivity index (χ4n) is 3.80. The maximum absolute atomic E-state index is 13.1. The van der Waals surface area contributed by atoms with Crippen LogP contribution in [0.1, 0.15) is 18.6 Å². The molecule has 1 amide bonds. The quantitative estimate of drug-likeness (QED) is 0.296. The summed E-state index contributed by atoms with van der Waals surface area (Å²) in [7, 11) is 1.80. The first kappa shape index (κ1) is 17.3. The number of likely N-dealkylation sites (N-methyl/N-ethyl adjacent to an activating group) is 1. The molecule has 0 spiro atoms. The minimum Gasteiger partial charge on any atom is -0.345 e. The molecule has 9 nitrogen and oxygen atoms in total. The molecule has 1 aromatic carbocycles. The van der Waals surface area contributed by atoms with E-state index in [1.54, 1.807) is 41.0 Å². The number of hydrogen-bond donors (Lipinski definition) is 1. The Balaban J connectivity index is 0.00000370. The summed E-state index contributed by atoms with van der Waals surface area (Å²) in [5.74, 6) is 0.455. The van der Waals surface area contributed by atoms with Gasteiger partial charge in [0.2, 0.25) is 0 Å². The third-order valence-corrected chi connectivity index (χ3v) is 5.70. The Bertz CT molecular complexity index is 1520. The molecule has 0 radical (unpaired) electrons. The highest BCUT2D eigenvalue weighted by molar-refractivity contribution is 14.0. The van der Waals surface area contributed by atoms with E-state index in [1.165, 1.54) is 6.20 Å². The number of quaternary nitrogens is 1. The van der Waals surface area contributed by atoms with Gasteiger partial charge in [0.05, 0.1) is 54.6 Å². The molecule has 1 aliphatic rings. The molecule has 0 aliphatic carbocycles. The zero-order valence-corrected chi connectivity index (χ0v) is 20.8. The van der Waals surface area contributed by atoms with E-state index in [-0.39, 0.29) is 56.1 Å². The number of fused-ring (bicyclic) bond motifs is 1. The summed E-state index contributed by atoms with van der Waals surface area (Å²) < 4.78 is 47.8. The normalized spacial score (nSPS) is 18.4. The van der Waals surface area contributed by atoms with Crippen molar-refractivity contribution in [2.45, 2.75) is 0 Å². The minimum absolute atomic E-state index is 0. The number of amides is 1. The van der Waals surface area contributed by atoms with E-state index >= 15 is 0 Å². The van der Waals surface area contributed by atoms with Crippen molar-refractivity contribution in [3.63, 3.8) is 0 Å². The lowest BCUT2D eigenvalue weighted by atomic mass is 10.1. The van der Waals surface area contributed by atoms with Crippen LogP contribution in [0.3, 0.4) is 0 Å². The number of nitrogens with one attached hydrogen (secondary N) is 1. The van der Waals surface area contributed by atoms with Crippen molar-refractivity contribution in [2.75, 3.05) is 50.3 Å². The lowest BCUT2D eigenvalue weighted by molar-refractivity contribution is -0.890. The monoisotopic (exact) mass is 577 g/mol. The van der Waals surface area contributed by atoms with Crippen LogP contribution >= 0.6 is 24.0 Å². The molecule has 0 unspecified atom stereocenters. The Morgan fingerprint density at radius 3 is 2.65 bits per heavy atom. The number of hydrogen-bond acceptors (Lipinski definition) is 6. The van der Waals surface area contributed by atoms with E-state index in [2.05, 4.69) is 25.6 Å². The van der Waals surface area contributed by atoms with Gasteiger partial charge < -0.3 is 14.7 Å². The molecule has 10 heteroatoms. The second kappa shape index (κ2) is 9.63. The zero-order valence-electron chi connectivity index (χ0n) is 24.5. The van der Waals surface area contributed by atoms with Crippen molar-refractivity contribution in [1.82, 2.24) is 25.0 Å². The fourth-order valence-corrected chi connectivity index (χ4v) is 3.80. The standard InChI is InChI=1S/C24H26N8O.HI/c1-30-16-21(28-29-30)17-4-5-19-15-26-22(13-20(19)12-17)27-24(33)18-6-7-25-23(14-18)31-8-10-32(2,3)11-9-31;/h4-7,12-16H,8-11H2,1-3H3;1H/p+1/i2D3,3D3;. The van der Waals surface area contributed by atoms with Gasteiger partial charge in [-0.2, -0.15) is 0 Å². The average molecular weight is 577 g/mol. The van der Waals surface area contributed by atoms with Crippen molar-refractivity contribution in [3.8, 4) is 11.3 Å². The molecule has 1 saturated heterocycles. The third kappa shape index (κ3) is 5.17. The van der Waals surface area contributed by atoms with Crippen molar-refractivity contribution in [2.24, 2.45) is 7.05 Å². The van der Waals surface area contributed by atoms with Crippen LogP contribution in [-0.4, -0.2) is 75.5 Å². The number of carbonyl (C=O) groups is 1. The molecule has 4 aromatic rings. The van der Waals surface area contributed by atoms with Gasteiger partial charge in [-0.15, -0.1) is 29.1 Å². The molecule has 1 fully saturated rings. The van der Waals surface area contributed by atoms with Crippen LogP contribution in [0.4, 0.5) is 11.6 Å². The first-order chi connectivity index (χ1) is 18.4. The predicted octanol–water partition coefficient (Wildman–Crippen LogP) is 3.19. The highest BCUT2D eigenvalue weighted by Crippen LogP contribution is 2.24. The molecule has 5 rings (SSSR count). The van der Waals surface area contributed by atoms with E-state index in [0.29, 0.717) is 17.2 Å². The van der Waals surface area contributed by atoms with Gasteiger partial charge in [0, 0.05) is 36.0 Å². The molecule has 176 valence electrons. The summed E-state index contributed by atoms with van der Waals surface area (Å²) in [4.78, 5) is 23.6. The number of aryl methyl sites for hydroxylation is 1. The van der Waals surface area contributed by atoms with E-state index in [1.807, 2.05) is 24.4 Å². The Labute approximate surface area is 223 Å². The zero-order chi connectivity index (χ0) is 28.0. The van der Waals surface area contributed by atoms with Crippen molar-refractivity contribution < 1.29 is 17.5 Å². The highest BCUT2D eigenvalue weighted by Gasteiger charge is 2.25. The lowest BCUT2D eigenvalue weighted by Gasteiger charge is -2.39. The van der Waals surface area contributed by atoms with Crippen LogP contribution in [0.2, 0.25) is 0 Å². The van der Waals surface area contributed by atoms with Crippen molar-refractivity contribution >= 4 is 52.3 Å². The fraction of sp³-hybridized carbons (Fsp3) is 0.292. The molecule has 3 aromatic heterocycles. The van der Waals surface area contributed by atoms with E-state index in [9.17, 15) is 4.79 Å². The van der Waals surface area contributed by atoms with Gasteiger partial charge in [0.15, 0.2) is 0 Å². The summed E-state index contributed by atoms with van der Waals surface area (Å²) in [6.45, 7) is -5.18. The largest absolute Gasteiger partial charge is 0.345 e. The van der Waals surface area contributed by atoms with Gasteiger partial charge in [0.25, 0.3) is 5.91 Å². The van der Waals surface area contributed by atoms with Gasteiger partial charge in [0.1, 0.15) is 17.3 Å². The Hall–Kier alpha value is -3.12. The summed E-state index contributed by atoms with van der Waals surface area (Å²) in [5, 5.41) is 12.7. The van der Waals surface area contributed by atoms with E-state index < -0.39 is 18.4 Å². The number of carbonyl (C=O) groups excluding carboxylic acids is 1. The molecule has 0 atom stereocenters. The topological polar surface area (TPSA) is 88.8 Å². The van der Waals surface area contributed by atoms with Gasteiger partial charge in [-0.05, 0) is 29.7 Å². The third-order valence-electron chi connectivity index (χ3n) is 5.70. The van der Waals surface area contributed by atoms with Crippen molar-refractivity contribution in [3.05, 3.63) is 60.6 Å². The first-order valence-corrected chi connectivity index (χ1v) is 10.5. The van der Waals surface area contributed by atoms with Crippen LogP contribution in [0.25, 0.3) is 22.0 Å². The number of aromatic nitrogens is 5. The molecule has 0 bridgehead atoms. The molecule has 1 aliphatic heterocycles. The van der Waals surface area contributed by atoms with Crippen LogP contribution in [0.15, 0.2) is 55.0 Å². The van der Waals surface area contributed by atoms with Crippen LogP contribution in [0.5, 0.6) is 0 Å². The predicted molar refractivity (Wildman–Crippen MR) is 143 cm³/mol. The second-order valence-corrected chi connectivity index (χ2v) is 8.17. The smallest absolute Gasteiger partial charge is 0.257 e. The number of benzene rings is 1. The first-order valence-electron chi connectivity index (χ1n) is 13.5. The summed E-state index contributed by atoms with van der Waals surface area (Å²) >= 11 is 0. The number of pyridine rings is 2. The molecular formula is C24H28IN8O+. The van der Waals surface area contributed by atoms with Gasteiger partial charge in [-0.3, -0.25) is 9.48 Å². The average Bonchev–Trinajstić information content (AvgIpc) is 3.33. The van der Waals surface area contributed by atoms with Crippen LogP contribution in [-0.2, 0) is 7.05 Å². The second-order valence-electron chi connectivity index (χ2n) is 8.17. The summed E-state index contributed by atoms with van der Waals surface area (Å²) in [5.41, 5.74) is 1.96. The van der Waals surface area contributed by atoms with E-state index in [4.69, 9.17) is 8.22 Å². The summed E-state index contributed by atoms with van der Waals surface area (Å²) in [6.07, 6.45) is 4.99. The SMILES string of the molecule is I.[2H]C([2H])([2H])[N+]1(C([2H])([2H])[2H])CCN(c2cc(C(=O)Nc3cc4cc(-c5cn(C)nn5)ccc4cn3)ccn2)CC1. The van der Waals surface area contributed by atoms with Gasteiger partial charge in [-0.1, -0.05) is 17.3 Å². The lowest BCUT2D eigenvalue weighted by Crippen LogP contribution is -2.55. The van der Waals surface area contributed by atoms with Gasteiger partial charge in [-0.25, -0.2) is 9.97 Å². The maximum atomic E-state index is 13.1. The Morgan fingerprint density at radius 1 is 1.09 bits per heavy atom. The number of halogens is 1. The van der Waals surface area contributed by atoms with Gasteiger partial charge >= 0.3 is 0 Å².